The molecule has 1 saturated heterocycles. The van der Waals surface area contributed by atoms with Crippen molar-refractivity contribution in [3.63, 3.8) is 0 Å². The van der Waals surface area contributed by atoms with Crippen LogP contribution in [0, 0.1) is 5.92 Å². The van der Waals surface area contributed by atoms with Crippen LogP contribution in [0.3, 0.4) is 0 Å². The number of hydrogen-bond acceptors (Lipinski definition) is 3. The largest absolute Gasteiger partial charge is 0.396 e. The molecule has 2 aromatic rings. The average molecular weight is 245 g/mol. The number of aliphatic hydroxyl groups excluding tert-OH is 1. The maximum Gasteiger partial charge on any atom is 0.275 e. The van der Waals surface area contributed by atoms with Gasteiger partial charge in [0.25, 0.3) is 5.91 Å². The third kappa shape index (κ3) is 1.76. The fourth-order valence-corrected chi connectivity index (χ4v) is 2.44. The Kier molecular flexibility index (Phi) is 2.76. The van der Waals surface area contributed by atoms with Crippen molar-refractivity contribution in [3.05, 3.63) is 30.0 Å². The fourth-order valence-electron chi connectivity index (χ4n) is 2.44. The summed E-state index contributed by atoms with van der Waals surface area (Å²) in [6, 6.07) is 7.60. The quantitative estimate of drug-likeness (QED) is 0.830. The zero-order valence-corrected chi connectivity index (χ0v) is 9.97. The summed E-state index contributed by atoms with van der Waals surface area (Å²) in [5, 5.41) is 16.9. The standard InChI is InChI=1S/C13H15N3O2/c17-8-9-5-6-16(7-9)13(18)12-10-3-1-2-4-11(10)14-15-12/h1-4,9,17H,5-8H2,(H,14,15). The third-order valence-electron chi connectivity index (χ3n) is 3.50. The van der Waals surface area contributed by atoms with Gasteiger partial charge in [0.05, 0.1) is 5.52 Å². The number of nitrogens with zero attached hydrogens (tertiary/aromatic N) is 2. The molecule has 18 heavy (non-hydrogen) atoms. The van der Waals surface area contributed by atoms with Crippen LogP contribution in [-0.2, 0) is 0 Å². The first-order chi connectivity index (χ1) is 8.79. The molecule has 5 nitrogen and oxygen atoms in total. The number of benzene rings is 1. The molecule has 5 heteroatoms. The molecule has 0 bridgehead atoms. The van der Waals surface area contributed by atoms with Crippen LogP contribution in [-0.4, -0.2) is 45.8 Å². The molecule has 1 aliphatic heterocycles. The van der Waals surface area contributed by atoms with E-state index in [1.165, 1.54) is 0 Å². The molecule has 0 saturated carbocycles. The Labute approximate surface area is 104 Å². The minimum absolute atomic E-state index is 0.0524. The Morgan fingerprint density at radius 3 is 3.11 bits per heavy atom. The van der Waals surface area contributed by atoms with E-state index in [-0.39, 0.29) is 18.4 Å². The number of carbonyl (C=O) groups is 1. The molecule has 1 aliphatic rings. The summed E-state index contributed by atoms with van der Waals surface area (Å²) in [7, 11) is 0. The van der Waals surface area contributed by atoms with E-state index >= 15 is 0 Å². The summed E-state index contributed by atoms with van der Waals surface area (Å²) >= 11 is 0. The van der Waals surface area contributed by atoms with Crippen LogP contribution in [0.4, 0.5) is 0 Å². The maximum absolute atomic E-state index is 12.3. The van der Waals surface area contributed by atoms with Gasteiger partial charge in [-0.15, -0.1) is 0 Å². The first-order valence-corrected chi connectivity index (χ1v) is 6.13. The molecule has 94 valence electrons. The molecule has 2 heterocycles. The monoisotopic (exact) mass is 245 g/mol. The fraction of sp³-hybridized carbons (Fsp3) is 0.385. The lowest BCUT2D eigenvalue weighted by Gasteiger charge is -2.14. The van der Waals surface area contributed by atoms with E-state index in [4.69, 9.17) is 5.11 Å². The first-order valence-electron chi connectivity index (χ1n) is 6.13. The molecular formula is C13H15N3O2. The van der Waals surface area contributed by atoms with Crippen molar-refractivity contribution in [2.45, 2.75) is 6.42 Å². The molecule has 1 aromatic heterocycles. The highest BCUT2D eigenvalue weighted by Gasteiger charge is 2.28. The van der Waals surface area contributed by atoms with E-state index in [1.807, 2.05) is 24.3 Å². The van der Waals surface area contributed by atoms with Crippen molar-refractivity contribution in [3.8, 4) is 0 Å². The van der Waals surface area contributed by atoms with Gasteiger partial charge in [-0.05, 0) is 12.5 Å². The van der Waals surface area contributed by atoms with Gasteiger partial charge >= 0.3 is 0 Å². The van der Waals surface area contributed by atoms with Gasteiger partial charge < -0.3 is 10.0 Å². The van der Waals surface area contributed by atoms with E-state index in [9.17, 15) is 4.79 Å². The Morgan fingerprint density at radius 1 is 1.50 bits per heavy atom. The van der Waals surface area contributed by atoms with Gasteiger partial charge in [-0.25, -0.2) is 0 Å². The number of carbonyl (C=O) groups excluding carboxylic acids is 1. The van der Waals surface area contributed by atoms with Crippen molar-refractivity contribution < 1.29 is 9.90 Å². The van der Waals surface area contributed by atoms with E-state index < -0.39 is 0 Å². The van der Waals surface area contributed by atoms with Gasteiger partial charge in [-0.2, -0.15) is 5.10 Å². The second-order valence-electron chi connectivity index (χ2n) is 4.71. The number of para-hydroxylation sites is 1. The van der Waals surface area contributed by atoms with Gasteiger partial charge in [0.15, 0.2) is 5.69 Å². The normalized spacial score (nSPS) is 19.6. The summed E-state index contributed by atoms with van der Waals surface area (Å²) < 4.78 is 0. The molecule has 2 N–H and O–H groups in total. The number of amides is 1. The predicted molar refractivity (Wildman–Crippen MR) is 67.2 cm³/mol. The van der Waals surface area contributed by atoms with E-state index in [0.29, 0.717) is 18.8 Å². The highest BCUT2D eigenvalue weighted by Crippen LogP contribution is 2.21. The number of hydrogen-bond donors (Lipinski definition) is 2. The van der Waals surface area contributed by atoms with Crippen LogP contribution in [0.2, 0.25) is 0 Å². The number of likely N-dealkylation sites (tertiary alicyclic amines) is 1. The van der Waals surface area contributed by atoms with Gasteiger partial charge in [0, 0.05) is 31.0 Å². The second-order valence-corrected chi connectivity index (χ2v) is 4.71. The zero-order chi connectivity index (χ0) is 12.5. The van der Waals surface area contributed by atoms with E-state index in [2.05, 4.69) is 10.2 Å². The molecule has 1 atom stereocenters. The smallest absolute Gasteiger partial charge is 0.275 e. The molecule has 0 aliphatic carbocycles. The van der Waals surface area contributed by atoms with Crippen molar-refractivity contribution >= 4 is 16.8 Å². The average Bonchev–Trinajstić information content (AvgIpc) is 3.04. The molecule has 1 amide bonds. The van der Waals surface area contributed by atoms with E-state index in [1.54, 1.807) is 4.90 Å². The predicted octanol–water partition coefficient (Wildman–Crippen LogP) is 1.02. The summed E-state index contributed by atoms with van der Waals surface area (Å²) in [5.74, 6) is 0.155. The van der Waals surface area contributed by atoms with Crippen molar-refractivity contribution in [1.29, 1.82) is 0 Å². The number of nitrogens with one attached hydrogen (secondary N) is 1. The minimum Gasteiger partial charge on any atom is -0.396 e. The number of rotatable bonds is 2. The highest BCUT2D eigenvalue weighted by atomic mass is 16.3. The van der Waals surface area contributed by atoms with Crippen LogP contribution in [0.15, 0.2) is 24.3 Å². The minimum atomic E-state index is -0.0524. The maximum atomic E-state index is 12.3. The first kappa shape index (κ1) is 11.2. The summed E-state index contributed by atoms with van der Waals surface area (Å²) in [5.41, 5.74) is 1.35. The Morgan fingerprint density at radius 2 is 2.33 bits per heavy atom. The Balaban J connectivity index is 1.89. The topological polar surface area (TPSA) is 69.2 Å². The number of fused-ring (bicyclic) bond motifs is 1. The summed E-state index contributed by atoms with van der Waals surface area (Å²) in [4.78, 5) is 14.1. The molecule has 3 rings (SSSR count). The SMILES string of the molecule is O=C(c1n[nH]c2ccccc12)N1CCC(CO)C1. The van der Waals surface area contributed by atoms with Crippen molar-refractivity contribution in [1.82, 2.24) is 15.1 Å². The van der Waals surface area contributed by atoms with Gasteiger partial charge in [-0.1, -0.05) is 18.2 Å². The highest BCUT2D eigenvalue weighted by molar-refractivity contribution is 6.04. The van der Waals surface area contributed by atoms with Gasteiger partial charge in [0.1, 0.15) is 0 Å². The molecular weight excluding hydrogens is 230 g/mol. The molecule has 1 unspecified atom stereocenters. The molecule has 1 aromatic carbocycles. The third-order valence-corrected chi connectivity index (χ3v) is 3.50. The number of aromatic amines is 1. The van der Waals surface area contributed by atoms with Crippen LogP contribution in [0.5, 0.6) is 0 Å². The van der Waals surface area contributed by atoms with Crippen LogP contribution in [0.25, 0.3) is 10.9 Å². The Hall–Kier alpha value is -1.88. The van der Waals surface area contributed by atoms with Crippen molar-refractivity contribution in [2.24, 2.45) is 5.92 Å². The number of H-pyrrole nitrogens is 1. The Bertz CT molecular complexity index is 578. The lowest BCUT2D eigenvalue weighted by molar-refractivity contribution is 0.0778. The van der Waals surface area contributed by atoms with Gasteiger partial charge in [-0.3, -0.25) is 9.89 Å². The summed E-state index contributed by atoms with van der Waals surface area (Å²) in [6.45, 7) is 1.47. The molecule has 0 spiro atoms. The summed E-state index contributed by atoms with van der Waals surface area (Å²) in [6.07, 6.45) is 0.866. The lowest BCUT2D eigenvalue weighted by atomic mass is 10.1. The van der Waals surface area contributed by atoms with Gasteiger partial charge in [0.2, 0.25) is 0 Å². The van der Waals surface area contributed by atoms with E-state index in [0.717, 1.165) is 17.3 Å². The van der Waals surface area contributed by atoms with Crippen molar-refractivity contribution in [2.75, 3.05) is 19.7 Å². The van der Waals surface area contributed by atoms with Crippen LogP contribution in [0.1, 0.15) is 16.9 Å². The zero-order valence-electron chi connectivity index (χ0n) is 9.97. The number of aliphatic hydroxyl groups is 1. The van der Waals surface area contributed by atoms with Crippen LogP contribution < -0.4 is 0 Å². The lowest BCUT2D eigenvalue weighted by Crippen LogP contribution is -2.29. The number of aromatic nitrogens is 2. The van der Waals surface area contributed by atoms with Crippen LogP contribution >= 0.6 is 0 Å². The molecule has 0 radical (unpaired) electrons. The second kappa shape index (κ2) is 4.42. The molecule has 1 fully saturated rings.